The van der Waals surface area contributed by atoms with Gasteiger partial charge in [-0.3, -0.25) is 4.31 Å². The van der Waals surface area contributed by atoms with Crippen LogP contribution < -0.4 is 13.8 Å². The number of methoxy groups -OCH3 is 1. The van der Waals surface area contributed by atoms with Crippen molar-refractivity contribution in [3.05, 3.63) is 23.2 Å². The summed E-state index contributed by atoms with van der Waals surface area (Å²) < 4.78 is 56.9. The maximum absolute atomic E-state index is 12.0. The van der Waals surface area contributed by atoms with Crippen molar-refractivity contribution in [2.24, 2.45) is 0 Å². The molecule has 1 rings (SSSR count). The minimum Gasteiger partial charge on any atom is -0.495 e. The maximum atomic E-state index is 12.0. The number of anilines is 1. The van der Waals surface area contributed by atoms with Gasteiger partial charge in [-0.1, -0.05) is 11.6 Å². The minimum absolute atomic E-state index is 0.108. The average Bonchev–Trinajstić information content (AvgIpc) is 2.42. The molecule has 0 radical (unpaired) electrons. The third kappa shape index (κ3) is 5.50. The second-order valence-corrected chi connectivity index (χ2v) is 9.15. The number of rotatable bonds is 8. The lowest BCUT2D eigenvalue weighted by molar-refractivity contribution is 0.415. The standard InChI is InChI=1S/C12H20ClN3O5S2/c1-15(2)23(19,20)14-7-8-16(22(4,17)18)11-9-10(13)5-6-12(11)21-3/h5-6,9,14H,7-8H2,1-4H3. The zero-order valence-corrected chi connectivity index (χ0v) is 15.7. The monoisotopic (exact) mass is 385 g/mol. The highest BCUT2D eigenvalue weighted by molar-refractivity contribution is 7.92. The Bertz CT molecular complexity index is 750. The maximum Gasteiger partial charge on any atom is 0.278 e. The Balaban J connectivity index is 3.07. The van der Waals surface area contributed by atoms with Crippen LogP contribution >= 0.6 is 11.6 Å². The Hall–Kier alpha value is -1.07. The van der Waals surface area contributed by atoms with Crippen LogP contribution in [0.15, 0.2) is 18.2 Å². The molecule has 0 bridgehead atoms. The summed E-state index contributed by atoms with van der Waals surface area (Å²) in [5, 5.41) is 0.336. The molecular weight excluding hydrogens is 366 g/mol. The lowest BCUT2D eigenvalue weighted by Crippen LogP contribution is -2.42. The van der Waals surface area contributed by atoms with Gasteiger partial charge in [-0.15, -0.1) is 0 Å². The molecule has 1 N–H and O–H groups in total. The lowest BCUT2D eigenvalue weighted by Gasteiger charge is -2.25. The van der Waals surface area contributed by atoms with Gasteiger partial charge in [-0.05, 0) is 18.2 Å². The third-order valence-electron chi connectivity index (χ3n) is 2.89. The first kappa shape index (κ1) is 20.0. The summed E-state index contributed by atoms with van der Waals surface area (Å²) in [6, 6.07) is 4.56. The Kier molecular flexibility index (Phi) is 6.66. The van der Waals surface area contributed by atoms with E-state index in [0.717, 1.165) is 14.9 Å². The van der Waals surface area contributed by atoms with E-state index in [1.54, 1.807) is 12.1 Å². The van der Waals surface area contributed by atoms with Crippen molar-refractivity contribution < 1.29 is 21.6 Å². The average molecular weight is 386 g/mol. The molecule has 0 spiro atoms. The van der Waals surface area contributed by atoms with E-state index in [2.05, 4.69) is 4.72 Å². The molecule has 0 atom stereocenters. The fourth-order valence-corrected chi connectivity index (χ4v) is 3.42. The number of hydrogen-bond donors (Lipinski definition) is 1. The van der Waals surface area contributed by atoms with Gasteiger partial charge in [0.2, 0.25) is 10.0 Å². The number of ether oxygens (including phenoxy) is 1. The van der Waals surface area contributed by atoms with E-state index in [4.69, 9.17) is 16.3 Å². The molecule has 0 unspecified atom stereocenters. The van der Waals surface area contributed by atoms with Gasteiger partial charge >= 0.3 is 0 Å². The van der Waals surface area contributed by atoms with Crippen molar-refractivity contribution >= 4 is 37.5 Å². The van der Waals surface area contributed by atoms with Gasteiger partial charge in [0.25, 0.3) is 10.2 Å². The van der Waals surface area contributed by atoms with E-state index in [1.807, 2.05) is 0 Å². The highest BCUT2D eigenvalue weighted by atomic mass is 35.5. The Labute approximate surface area is 142 Å². The summed E-state index contributed by atoms with van der Waals surface area (Å²) >= 11 is 5.92. The second kappa shape index (κ2) is 7.67. The normalized spacial score (nSPS) is 12.4. The number of halogens is 1. The van der Waals surface area contributed by atoms with Gasteiger partial charge in [-0.2, -0.15) is 12.7 Å². The van der Waals surface area contributed by atoms with Crippen LogP contribution in [0.25, 0.3) is 0 Å². The van der Waals surface area contributed by atoms with E-state index in [-0.39, 0.29) is 18.8 Å². The third-order valence-corrected chi connectivity index (χ3v) is 5.84. The first-order chi connectivity index (χ1) is 10.5. The molecule has 0 saturated carbocycles. The Morgan fingerprint density at radius 3 is 2.30 bits per heavy atom. The molecule has 1 aromatic carbocycles. The van der Waals surface area contributed by atoms with Crippen LogP contribution in [-0.4, -0.2) is 61.7 Å². The molecule has 0 saturated heterocycles. The predicted octanol–water partition coefficient (Wildman–Crippen LogP) is 0.511. The van der Waals surface area contributed by atoms with E-state index >= 15 is 0 Å². The highest BCUT2D eigenvalue weighted by Gasteiger charge is 2.22. The van der Waals surface area contributed by atoms with Gasteiger partial charge in [-0.25, -0.2) is 13.1 Å². The Morgan fingerprint density at radius 1 is 1.22 bits per heavy atom. The summed E-state index contributed by atoms with van der Waals surface area (Å²) in [5.74, 6) is 0.315. The molecule has 0 fully saturated rings. The zero-order valence-electron chi connectivity index (χ0n) is 13.3. The van der Waals surface area contributed by atoms with Crippen LogP contribution in [-0.2, 0) is 20.2 Å². The van der Waals surface area contributed by atoms with Crippen molar-refractivity contribution in [1.82, 2.24) is 9.03 Å². The van der Waals surface area contributed by atoms with Gasteiger partial charge in [0.1, 0.15) is 5.75 Å². The van der Waals surface area contributed by atoms with Crippen molar-refractivity contribution in [2.75, 3.05) is 44.9 Å². The van der Waals surface area contributed by atoms with E-state index in [9.17, 15) is 16.8 Å². The summed E-state index contributed by atoms with van der Waals surface area (Å²) in [4.78, 5) is 0. The number of nitrogens with one attached hydrogen (secondary N) is 1. The molecule has 1 aromatic rings. The van der Waals surface area contributed by atoms with Crippen LogP contribution in [0.5, 0.6) is 5.75 Å². The molecule has 0 aromatic heterocycles. The fourth-order valence-electron chi connectivity index (χ4n) is 1.73. The summed E-state index contributed by atoms with van der Waals surface area (Å²) in [6.45, 7) is -0.216. The van der Waals surface area contributed by atoms with Crippen molar-refractivity contribution in [1.29, 1.82) is 0 Å². The molecule has 11 heteroatoms. The van der Waals surface area contributed by atoms with E-state index in [0.29, 0.717) is 10.8 Å². The lowest BCUT2D eigenvalue weighted by atomic mass is 10.3. The summed E-state index contributed by atoms with van der Waals surface area (Å²) in [7, 11) is -3.15. The van der Waals surface area contributed by atoms with Crippen LogP contribution in [0.4, 0.5) is 5.69 Å². The van der Waals surface area contributed by atoms with Crippen LogP contribution in [0.2, 0.25) is 5.02 Å². The predicted molar refractivity (Wildman–Crippen MR) is 90.8 cm³/mol. The van der Waals surface area contributed by atoms with Crippen LogP contribution in [0.1, 0.15) is 0 Å². The number of nitrogens with zero attached hydrogens (tertiary/aromatic N) is 2. The number of benzene rings is 1. The van der Waals surface area contributed by atoms with Gasteiger partial charge in [0.05, 0.1) is 19.1 Å². The van der Waals surface area contributed by atoms with Gasteiger partial charge in [0.15, 0.2) is 0 Å². The zero-order chi connectivity index (χ0) is 17.8. The molecule has 132 valence electrons. The molecule has 0 aliphatic heterocycles. The SMILES string of the molecule is COc1ccc(Cl)cc1N(CCNS(=O)(=O)N(C)C)S(C)(=O)=O. The fraction of sp³-hybridized carbons (Fsp3) is 0.500. The van der Waals surface area contributed by atoms with Crippen molar-refractivity contribution in [3.63, 3.8) is 0 Å². The largest absolute Gasteiger partial charge is 0.495 e. The van der Waals surface area contributed by atoms with Gasteiger partial charge < -0.3 is 4.74 Å². The van der Waals surface area contributed by atoms with Gasteiger partial charge in [0, 0.05) is 32.2 Å². The summed E-state index contributed by atoms with van der Waals surface area (Å²) in [6.07, 6.45) is 1.02. The van der Waals surface area contributed by atoms with E-state index < -0.39 is 20.2 Å². The quantitative estimate of drug-likeness (QED) is 0.703. The summed E-state index contributed by atoms with van der Waals surface area (Å²) in [5.41, 5.74) is 0.242. The molecule has 0 aliphatic carbocycles. The Morgan fingerprint density at radius 2 is 1.83 bits per heavy atom. The van der Waals surface area contributed by atoms with Crippen LogP contribution in [0.3, 0.4) is 0 Å². The molecule has 0 heterocycles. The number of sulfonamides is 1. The number of hydrogen-bond acceptors (Lipinski definition) is 5. The molecular formula is C12H20ClN3O5S2. The molecule has 0 amide bonds. The first-order valence-corrected chi connectivity index (χ1v) is 10.1. The van der Waals surface area contributed by atoms with E-state index in [1.165, 1.54) is 27.3 Å². The van der Waals surface area contributed by atoms with Crippen LogP contribution in [0, 0.1) is 0 Å². The molecule has 0 aliphatic rings. The smallest absolute Gasteiger partial charge is 0.278 e. The minimum atomic E-state index is -3.66. The topological polar surface area (TPSA) is 96.0 Å². The molecule has 23 heavy (non-hydrogen) atoms. The van der Waals surface area contributed by atoms with Crippen molar-refractivity contribution in [3.8, 4) is 5.75 Å². The molecule has 8 nitrogen and oxygen atoms in total. The second-order valence-electron chi connectivity index (χ2n) is 4.83. The first-order valence-electron chi connectivity index (χ1n) is 6.47. The highest BCUT2D eigenvalue weighted by Crippen LogP contribution is 2.32. The van der Waals surface area contributed by atoms with Crippen molar-refractivity contribution in [2.45, 2.75) is 0 Å².